The van der Waals surface area contributed by atoms with Crippen LogP contribution in [0.5, 0.6) is 0 Å². The molecule has 0 aromatic carbocycles. The molecule has 2 saturated carbocycles. The molecule has 0 aromatic rings. The summed E-state index contributed by atoms with van der Waals surface area (Å²) in [6.07, 6.45) is 3.38. The number of esters is 1. The molecule has 0 radical (unpaired) electrons. The minimum atomic E-state index is -0.201. The molecular formula is C18H30O4Se. The van der Waals surface area contributed by atoms with Gasteiger partial charge in [-0.3, -0.25) is 0 Å². The standard InChI is InChI=1S/C18H30O4Se/c1-7-12(21-5)13(10-14(19)22-6)23-15-11-8-9-18(4,16(15)20)17(11,2)3/h11-13,15H,7-10H2,1-6H3/t11-,12?,13?,15+,18+/m1/s1. The summed E-state index contributed by atoms with van der Waals surface area (Å²) in [6, 6.07) is 0. The Hall–Kier alpha value is -0.381. The number of fused-ring (bicyclic) bond motifs is 2. The quantitative estimate of drug-likeness (QED) is 0.495. The van der Waals surface area contributed by atoms with Crippen LogP contribution in [0.1, 0.15) is 53.4 Å². The maximum atomic E-state index is 13.1. The van der Waals surface area contributed by atoms with E-state index in [0.717, 1.165) is 19.3 Å². The van der Waals surface area contributed by atoms with E-state index in [1.807, 2.05) is 0 Å². The van der Waals surface area contributed by atoms with Crippen molar-refractivity contribution in [2.45, 2.75) is 69.1 Å². The van der Waals surface area contributed by atoms with Gasteiger partial charge in [-0.2, -0.15) is 0 Å². The van der Waals surface area contributed by atoms with Crippen LogP contribution in [0.2, 0.25) is 9.63 Å². The molecule has 0 aromatic heterocycles. The van der Waals surface area contributed by atoms with Crippen LogP contribution in [0.4, 0.5) is 0 Å². The van der Waals surface area contributed by atoms with Crippen LogP contribution in [0.25, 0.3) is 0 Å². The van der Waals surface area contributed by atoms with E-state index in [1.54, 1.807) is 7.11 Å². The molecule has 23 heavy (non-hydrogen) atoms. The second kappa shape index (κ2) is 6.85. The molecule has 132 valence electrons. The summed E-state index contributed by atoms with van der Waals surface area (Å²) in [5.41, 5.74) is -0.115. The van der Waals surface area contributed by atoms with Gasteiger partial charge in [0, 0.05) is 0 Å². The molecule has 0 saturated heterocycles. The van der Waals surface area contributed by atoms with Crippen molar-refractivity contribution in [1.82, 2.24) is 0 Å². The van der Waals surface area contributed by atoms with E-state index in [9.17, 15) is 9.59 Å². The van der Waals surface area contributed by atoms with E-state index in [2.05, 4.69) is 27.7 Å². The summed E-state index contributed by atoms with van der Waals surface area (Å²) < 4.78 is 10.5. The summed E-state index contributed by atoms with van der Waals surface area (Å²) >= 11 is 0.0576. The third kappa shape index (κ3) is 3.01. The summed E-state index contributed by atoms with van der Waals surface area (Å²) in [5.74, 6) is 0.683. The first-order valence-corrected chi connectivity index (χ1v) is 10.5. The van der Waals surface area contributed by atoms with Crippen LogP contribution < -0.4 is 0 Å². The second-order valence-electron chi connectivity index (χ2n) is 7.62. The van der Waals surface area contributed by atoms with Gasteiger partial charge in [0.25, 0.3) is 0 Å². The normalized spacial score (nSPS) is 34.4. The number of ketones is 1. The Labute approximate surface area is 146 Å². The molecule has 5 heteroatoms. The second-order valence-corrected chi connectivity index (χ2v) is 10.5. The molecule has 2 rings (SSSR count). The van der Waals surface area contributed by atoms with E-state index >= 15 is 0 Å². The van der Waals surface area contributed by atoms with Crippen molar-refractivity contribution < 1.29 is 19.1 Å². The van der Waals surface area contributed by atoms with E-state index in [1.165, 1.54) is 7.11 Å². The van der Waals surface area contributed by atoms with E-state index in [4.69, 9.17) is 9.47 Å². The van der Waals surface area contributed by atoms with Gasteiger partial charge in [-0.1, -0.05) is 0 Å². The molecule has 4 nitrogen and oxygen atoms in total. The summed E-state index contributed by atoms with van der Waals surface area (Å²) in [6.45, 7) is 8.72. The summed E-state index contributed by atoms with van der Waals surface area (Å²) in [4.78, 5) is 25.1. The van der Waals surface area contributed by atoms with E-state index in [0.29, 0.717) is 18.1 Å². The first-order chi connectivity index (χ1) is 10.7. The number of rotatable bonds is 7. The fourth-order valence-corrected chi connectivity index (χ4v) is 8.93. The molecule has 0 aliphatic heterocycles. The average Bonchev–Trinajstić information content (AvgIpc) is 2.82. The van der Waals surface area contributed by atoms with Crippen LogP contribution in [-0.4, -0.2) is 47.0 Å². The number of hydrogen-bond acceptors (Lipinski definition) is 4. The number of carbonyl (C=O) groups excluding carboxylic acids is 2. The molecule has 2 aliphatic carbocycles. The van der Waals surface area contributed by atoms with Crippen molar-refractivity contribution in [1.29, 1.82) is 0 Å². The molecule has 0 amide bonds. The number of carbonyl (C=O) groups is 2. The van der Waals surface area contributed by atoms with Crippen molar-refractivity contribution in [2.75, 3.05) is 14.2 Å². The third-order valence-corrected chi connectivity index (χ3v) is 9.98. The van der Waals surface area contributed by atoms with Gasteiger partial charge in [-0.25, -0.2) is 0 Å². The van der Waals surface area contributed by atoms with Crippen molar-refractivity contribution >= 4 is 26.7 Å². The predicted octanol–water partition coefficient (Wildman–Crippen LogP) is 3.28. The van der Waals surface area contributed by atoms with Crippen molar-refractivity contribution in [2.24, 2.45) is 16.7 Å². The van der Waals surface area contributed by atoms with Gasteiger partial charge >= 0.3 is 146 Å². The minimum absolute atomic E-state index is 0.0249. The molecule has 5 atom stereocenters. The van der Waals surface area contributed by atoms with E-state index < -0.39 is 0 Å². The van der Waals surface area contributed by atoms with Gasteiger partial charge in [0.15, 0.2) is 0 Å². The van der Waals surface area contributed by atoms with Gasteiger partial charge in [0.05, 0.1) is 0 Å². The molecule has 0 heterocycles. The summed E-state index contributed by atoms with van der Waals surface area (Å²) in [7, 11) is 3.12. The van der Waals surface area contributed by atoms with Crippen LogP contribution >= 0.6 is 0 Å². The Bertz CT molecular complexity index is 472. The van der Waals surface area contributed by atoms with Gasteiger partial charge in [0.1, 0.15) is 0 Å². The average molecular weight is 389 g/mol. The molecular weight excluding hydrogens is 359 g/mol. The first-order valence-electron chi connectivity index (χ1n) is 8.52. The van der Waals surface area contributed by atoms with Gasteiger partial charge in [-0.05, 0) is 0 Å². The molecule has 0 spiro atoms. The van der Waals surface area contributed by atoms with Crippen LogP contribution in [0, 0.1) is 16.7 Å². The Morgan fingerprint density at radius 3 is 2.43 bits per heavy atom. The van der Waals surface area contributed by atoms with Crippen LogP contribution in [0.3, 0.4) is 0 Å². The zero-order valence-electron chi connectivity index (χ0n) is 15.2. The SMILES string of the molecule is CCC(OC)C(CC(=O)OC)[Se][C@@H]1C(=O)[C@]2(C)CC[C@H]1C2(C)C. The maximum absolute atomic E-state index is 13.1. The molecule has 0 N–H and O–H groups in total. The van der Waals surface area contributed by atoms with Crippen molar-refractivity contribution in [3.05, 3.63) is 0 Å². The fourth-order valence-electron chi connectivity index (χ4n) is 4.44. The molecule has 2 unspecified atom stereocenters. The number of ether oxygens (including phenoxy) is 2. The summed E-state index contributed by atoms with van der Waals surface area (Å²) in [5, 5.41) is 0. The Kier molecular flexibility index (Phi) is 5.65. The van der Waals surface area contributed by atoms with Gasteiger partial charge < -0.3 is 0 Å². The van der Waals surface area contributed by atoms with Crippen LogP contribution in [-0.2, 0) is 19.1 Å². The molecule has 2 fully saturated rings. The third-order valence-electron chi connectivity index (χ3n) is 6.51. The fraction of sp³-hybridized carbons (Fsp3) is 0.889. The van der Waals surface area contributed by atoms with Gasteiger partial charge in [-0.15, -0.1) is 0 Å². The topological polar surface area (TPSA) is 52.6 Å². The number of hydrogen-bond donors (Lipinski definition) is 0. The number of methoxy groups -OCH3 is 2. The zero-order valence-corrected chi connectivity index (χ0v) is 16.9. The predicted molar refractivity (Wildman–Crippen MR) is 90.6 cm³/mol. The zero-order chi connectivity index (χ0) is 17.4. The Balaban J connectivity index is 2.20. The van der Waals surface area contributed by atoms with Crippen molar-refractivity contribution in [3.8, 4) is 0 Å². The molecule has 2 bridgehead atoms. The van der Waals surface area contributed by atoms with Crippen molar-refractivity contribution in [3.63, 3.8) is 0 Å². The Morgan fingerprint density at radius 2 is 2.00 bits per heavy atom. The first kappa shape index (κ1) is 19.0. The van der Waals surface area contributed by atoms with Crippen LogP contribution in [0.15, 0.2) is 0 Å². The van der Waals surface area contributed by atoms with Gasteiger partial charge in [0.2, 0.25) is 0 Å². The van der Waals surface area contributed by atoms with E-state index in [-0.39, 0.29) is 47.5 Å². The Morgan fingerprint density at radius 1 is 1.35 bits per heavy atom. The monoisotopic (exact) mass is 390 g/mol. The number of Topliss-reactive ketones (excluding diaryl/α,β-unsaturated/α-hetero) is 1. The molecule has 2 aliphatic rings.